The van der Waals surface area contributed by atoms with Gasteiger partial charge in [-0.2, -0.15) is 0 Å². The van der Waals surface area contributed by atoms with Crippen LogP contribution in [0.4, 0.5) is 0 Å². The molecule has 2 aliphatic rings. The zero-order valence-corrected chi connectivity index (χ0v) is 8.60. The summed E-state index contributed by atoms with van der Waals surface area (Å²) in [5.74, 6) is -0.296. The van der Waals surface area contributed by atoms with Gasteiger partial charge >= 0.3 is 5.97 Å². The van der Waals surface area contributed by atoms with Crippen LogP contribution in [0, 0.1) is 0 Å². The Bertz CT molecular complexity index is 416. The molecule has 0 N–H and O–H groups in total. The summed E-state index contributed by atoms with van der Waals surface area (Å²) >= 11 is 0. The topological polar surface area (TPSA) is 63.4 Å². The minimum Gasteiger partial charge on any atom is -0.460 e. The number of hydrogen-bond donors (Lipinski definition) is 0. The third-order valence-electron chi connectivity index (χ3n) is 2.02. The Hall–Kier alpha value is -1.78. The first-order valence-corrected chi connectivity index (χ1v) is 4.76. The van der Waals surface area contributed by atoms with Crippen molar-refractivity contribution in [1.29, 1.82) is 0 Å². The van der Waals surface area contributed by atoms with Crippen molar-refractivity contribution >= 4 is 11.7 Å². The molecule has 15 heavy (non-hydrogen) atoms. The highest BCUT2D eigenvalue weighted by Crippen LogP contribution is 2.22. The first-order chi connectivity index (χ1) is 7.16. The number of nitrogens with zero attached hydrogens (tertiary/aromatic N) is 3. The second kappa shape index (κ2) is 3.76. The van der Waals surface area contributed by atoms with Crippen molar-refractivity contribution in [1.82, 2.24) is 0 Å². The van der Waals surface area contributed by atoms with E-state index in [1.165, 1.54) is 0 Å². The van der Waals surface area contributed by atoms with Crippen molar-refractivity contribution < 1.29 is 9.53 Å². The minimum atomic E-state index is -0.296. The lowest BCUT2D eigenvalue weighted by Crippen LogP contribution is -2.17. The van der Waals surface area contributed by atoms with Gasteiger partial charge in [0.1, 0.15) is 5.70 Å². The van der Waals surface area contributed by atoms with Gasteiger partial charge in [0, 0.05) is 12.0 Å². The molecule has 0 amide bonds. The summed E-state index contributed by atoms with van der Waals surface area (Å²) in [5, 5.41) is 11.2. The highest BCUT2D eigenvalue weighted by Gasteiger charge is 2.22. The van der Waals surface area contributed by atoms with Crippen molar-refractivity contribution in [3.05, 3.63) is 23.4 Å². The highest BCUT2D eigenvalue weighted by atomic mass is 16.5. The zero-order valence-electron chi connectivity index (χ0n) is 8.60. The van der Waals surface area contributed by atoms with Crippen molar-refractivity contribution in [3.63, 3.8) is 0 Å². The minimum absolute atomic E-state index is 0.108. The number of allylic oxidation sites excluding steroid dienone is 3. The lowest BCUT2D eigenvalue weighted by Gasteiger charge is -2.12. The molecular weight excluding hydrogens is 194 g/mol. The average molecular weight is 205 g/mol. The van der Waals surface area contributed by atoms with Gasteiger partial charge in [0.15, 0.2) is 0 Å². The van der Waals surface area contributed by atoms with Gasteiger partial charge < -0.3 is 4.74 Å². The molecule has 1 heterocycles. The number of fused-ring (bicyclic) bond motifs is 1. The summed E-state index contributed by atoms with van der Waals surface area (Å²) in [6, 6.07) is 0. The zero-order chi connectivity index (χ0) is 10.8. The van der Waals surface area contributed by atoms with Gasteiger partial charge in [-0.05, 0) is 31.2 Å². The Morgan fingerprint density at radius 3 is 3.00 bits per heavy atom. The normalized spacial score (nSPS) is 18.2. The third kappa shape index (κ3) is 2.01. The summed E-state index contributed by atoms with van der Waals surface area (Å²) in [4.78, 5) is 11.6. The van der Waals surface area contributed by atoms with Crippen molar-refractivity contribution in [2.45, 2.75) is 26.4 Å². The molecule has 0 fully saturated rings. The van der Waals surface area contributed by atoms with Gasteiger partial charge in [0.25, 0.3) is 0 Å². The van der Waals surface area contributed by atoms with E-state index in [9.17, 15) is 4.79 Å². The molecule has 0 atom stereocenters. The number of ether oxygens (including phenoxy) is 1. The maximum atomic E-state index is 11.6. The molecule has 5 nitrogen and oxygen atoms in total. The summed E-state index contributed by atoms with van der Waals surface area (Å²) < 4.78 is 5.09. The number of carbonyl (C=O) groups is 1. The first kappa shape index (κ1) is 9.76. The Morgan fingerprint density at radius 2 is 2.27 bits per heavy atom. The second-order valence-electron chi connectivity index (χ2n) is 3.61. The number of rotatable bonds is 2. The first-order valence-electron chi connectivity index (χ1n) is 4.76. The Morgan fingerprint density at radius 1 is 1.47 bits per heavy atom. The van der Waals surface area contributed by atoms with Gasteiger partial charge in [-0.3, -0.25) is 0 Å². The second-order valence-corrected chi connectivity index (χ2v) is 3.61. The standard InChI is InChI=1S/C10H11N3O2/c1-6(2)15-10(14)7-3-4-8-9(5-7)12-13-11-8/h3-4,6H,5H2,1-2H3. The van der Waals surface area contributed by atoms with Crippen LogP contribution in [0.1, 0.15) is 20.3 Å². The van der Waals surface area contributed by atoms with Crippen LogP contribution in [0.2, 0.25) is 0 Å². The highest BCUT2D eigenvalue weighted by molar-refractivity contribution is 6.08. The van der Waals surface area contributed by atoms with Crippen LogP contribution in [0.3, 0.4) is 0 Å². The average Bonchev–Trinajstić information content (AvgIpc) is 2.62. The molecule has 5 heteroatoms. The van der Waals surface area contributed by atoms with E-state index in [1.807, 2.05) is 13.8 Å². The van der Waals surface area contributed by atoms with Crippen LogP contribution in [0.25, 0.3) is 0 Å². The van der Waals surface area contributed by atoms with E-state index in [0.717, 1.165) is 11.4 Å². The number of hydrogen-bond acceptors (Lipinski definition) is 5. The van der Waals surface area contributed by atoms with Crippen molar-refractivity contribution in [3.8, 4) is 0 Å². The molecule has 0 aromatic carbocycles. The molecule has 0 unspecified atom stereocenters. The maximum absolute atomic E-state index is 11.6. The smallest absolute Gasteiger partial charge is 0.334 e. The Labute approximate surface area is 87.2 Å². The van der Waals surface area contributed by atoms with E-state index in [-0.39, 0.29) is 12.1 Å². The molecule has 0 bridgehead atoms. The SMILES string of the molecule is CC(C)OC(=O)C1=CC=C2N=NN=C2C1. The molecule has 0 aromatic heterocycles. The van der Waals surface area contributed by atoms with Gasteiger partial charge in [-0.15, -0.1) is 10.2 Å². The van der Waals surface area contributed by atoms with Crippen LogP contribution < -0.4 is 0 Å². The monoisotopic (exact) mass is 205 g/mol. The molecule has 78 valence electrons. The predicted octanol–water partition coefficient (Wildman–Crippen LogP) is 1.97. The maximum Gasteiger partial charge on any atom is 0.334 e. The fourth-order valence-electron chi connectivity index (χ4n) is 1.34. The van der Waals surface area contributed by atoms with Crippen LogP contribution in [-0.4, -0.2) is 17.8 Å². The lowest BCUT2D eigenvalue weighted by molar-refractivity contribution is -0.142. The molecule has 0 saturated heterocycles. The van der Waals surface area contributed by atoms with E-state index in [4.69, 9.17) is 4.74 Å². The fourth-order valence-corrected chi connectivity index (χ4v) is 1.34. The molecule has 0 saturated carbocycles. The van der Waals surface area contributed by atoms with Crippen LogP contribution in [0.5, 0.6) is 0 Å². The number of esters is 1. The van der Waals surface area contributed by atoms with E-state index in [0.29, 0.717) is 12.0 Å². The Balaban J connectivity index is 2.11. The largest absolute Gasteiger partial charge is 0.460 e. The van der Waals surface area contributed by atoms with E-state index < -0.39 is 0 Å². The molecule has 1 aliphatic heterocycles. The van der Waals surface area contributed by atoms with Gasteiger partial charge in [-0.1, -0.05) is 0 Å². The number of carbonyl (C=O) groups excluding carboxylic acids is 1. The summed E-state index contributed by atoms with van der Waals surface area (Å²) in [6.07, 6.45) is 3.78. The van der Waals surface area contributed by atoms with Gasteiger partial charge in [0.2, 0.25) is 0 Å². The third-order valence-corrected chi connectivity index (χ3v) is 2.02. The van der Waals surface area contributed by atoms with Crippen LogP contribution in [-0.2, 0) is 9.53 Å². The summed E-state index contributed by atoms with van der Waals surface area (Å²) in [6.45, 7) is 3.64. The van der Waals surface area contributed by atoms with Crippen molar-refractivity contribution in [2.75, 3.05) is 0 Å². The molecule has 1 aliphatic carbocycles. The molecular formula is C10H11N3O2. The van der Waals surface area contributed by atoms with E-state index in [1.54, 1.807) is 12.2 Å². The van der Waals surface area contributed by atoms with E-state index in [2.05, 4.69) is 15.4 Å². The predicted molar refractivity (Wildman–Crippen MR) is 54.3 cm³/mol. The van der Waals surface area contributed by atoms with Crippen molar-refractivity contribution in [2.24, 2.45) is 15.4 Å². The Kier molecular flexibility index (Phi) is 2.45. The van der Waals surface area contributed by atoms with Crippen LogP contribution in [0.15, 0.2) is 38.9 Å². The molecule has 0 aromatic rings. The fraction of sp³-hybridized carbons (Fsp3) is 0.400. The molecule has 2 rings (SSSR count). The summed E-state index contributed by atoms with van der Waals surface area (Å²) in [5.41, 5.74) is 2.06. The van der Waals surface area contributed by atoms with Crippen LogP contribution >= 0.6 is 0 Å². The quantitative estimate of drug-likeness (QED) is 0.647. The van der Waals surface area contributed by atoms with E-state index >= 15 is 0 Å². The van der Waals surface area contributed by atoms with Gasteiger partial charge in [0.05, 0.1) is 11.8 Å². The molecule has 0 spiro atoms. The molecule has 0 radical (unpaired) electrons. The lowest BCUT2D eigenvalue weighted by atomic mass is 10.0. The van der Waals surface area contributed by atoms with Gasteiger partial charge in [-0.25, -0.2) is 4.79 Å². The summed E-state index contributed by atoms with van der Waals surface area (Å²) in [7, 11) is 0.